The van der Waals surface area contributed by atoms with Crippen molar-refractivity contribution in [3.05, 3.63) is 12.2 Å². The van der Waals surface area contributed by atoms with E-state index in [2.05, 4.69) is 10.1 Å². The Hall–Kier alpha value is -0.610. The smallest absolute Gasteiger partial charge is 0.142 e. The minimum Gasteiger partial charge on any atom is -0.391 e. The van der Waals surface area contributed by atoms with Gasteiger partial charge < -0.3 is 5.11 Å². The maximum absolute atomic E-state index is 9.65. The molecule has 2 rings (SSSR count). The van der Waals surface area contributed by atoms with E-state index in [-0.39, 0.29) is 12.1 Å². The molecule has 0 radical (unpaired) electrons. The molecule has 4 nitrogen and oxygen atoms in total. The van der Waals surface area contributed by atoms with Crippen LogP contribution in [0, 0.1) is 0 Å². The van der Waals surface area contributed by atoms with Crippen molar-refractivity contribution in [2.45, 2.75) is 37.3 Å². The van der Waals surface area contributed by atoms with Gasteiger partial charge in [-0.05, 0) is 19.3 Å². The van der Waals surface area contributed by atoms with Crippen LogP contribution in [0.25, 0.3) is 0 Å². The second-order valence-corrected chi connectivity index (χ2v) is 3.59. The molecule has 5 heteroatoms. The molecule has 13 heavy (non-hydrogen) atoms. The highest BCUT2D eigenvalue weighted by Crippen LogP contribution is 2.30. The van der Waals surface area contributed by atoms with Crippen LogP contribution in [0.4, 0.5) is 0 Å². The van der Waals surface area contributed by atoms with Gasteiger partial charge in [-0.1, -0.05) is 0 Å². The average molecular weight is 202 g/mol. The molecule has 1 saturated carbocycles. The van der Waals surface area contributed by atoms with Crippen molar-refractivity contribution in [1.82, 2.24) is 14.8 Å². The van der Waals surface area contributed by atoms with E-state index >= 15 is 0 Å². The van der Waals surface area contributed by atoms with Gasteiger partial charge in [0.15, 0.2) is 0 Å². The van der Waals surface area contributed by atoms with Crippen molar-refractivity contribution >= 4 is 11.6 Å². The van der Waals surface area contributed by atoms with E-state index in [1.165, 1.54) is 6.33 Å². The van der Waals surface area contributed by atoms with Crippen LogP contribution >= 0.6 is 11.6 Å². The third-order valence-electron chi connectivity index (χ3n) is 2.52. The Balaban J connectivity index is 2.23. The molecule has 1 fully saturated rings. The maximum Gasteiger partial charge on any atom is 0.142 e. The molecule has 0 amide bonds. The van der Waals surface area contributed by atoms with Gasteiger partial charge in [0.25, 0.3) is 0 Å². The summed E-state index contributed by atoms with van der Waals surface area (Å²) in [4.78, 5) is 4.02. The van der Waals surface area contributed by atoms with Gasteiger partial charge >= 0.3 is 0 Å². The molecule has 0 saturated heterocycles. The SMILES string of the molecule is OC1CCCC1n1ncnc1CCl. The fourth-order valence-electron chi connectivity index (χ4n) is 1.85. The van der Waals surface area contributed by atoms with Gasteiger partial charge in [-0.15, -0.1) is 11.6 Å². The number of rotatable bonds is 2. The summed E-state index contributed by atoms with van der Waals surface area (Å²) >= 11 is 5.69. The van der Waals surface area contributed by atoms with Crippen molar-refractivity contribution in [3.8, 4) is 0 Å². The number of halogens is 1. The summed E-state index contributed by atoms with van der Waals surface area (Å²) in [5, 5.41) is 13.7. The minimum absolute atomic E-state index is 0.0799. The van der Waals surface area contributed by atoms with Gasteiger partial charge in [-0.25, -0.2) is 9.67 Å². The summed E-state index contributed by atoms with van der Waals surface area (Å²) in [6.07, 6.45) is 4.07. The summed E-state index contributed by atoms with van der Waals surface area (Å²) in [5.74, 6) is 1.09. The zero-order chi connectivity index (χ0) is 9.26. The summed E-state index contributed by atoms with van der Waals surface area (Å²) in [6.45, 7) is 0. The molecular weight excluding hydrogens is 190 g/mol. The Kier molecular flexibility index (Phi) is 2.51. The molecule has 2 atom stereocenters. The van der Waals surface area contributed by atoms with Gasteiger partial charge in [0.2, 0.25) is 0 Å². The second kappa shape index (κ2) is 3.64. The van der Waals surface area contributed by atoms with Crippen LogP contribution in [0.5, 0.6) is 0 Å². The van der Waals surface area contributed by atoms with Crippen molar-refractivity contribution in [1.29, 1.82) is 0 Å². The van der Waals surface area contributed by atoms with Gasteiger partial charge in [0.05, 0.1) is 18.0 Å². The summed E-state index contributed by atoms with van der Waals surface area (Å²) < 4.78 is 1.75. The van der Waals surface area contributed by atoms with Crippen LogP contribution < -0.4 is 0 Å². The molecule has 72 valence electrons. The van der Waals surface area contributed by atoms with Crippen molar-refractivity contribution in [3.63, 3.8) is 0 Å². The Bertz CT molecular complexity index is 289. The first-order valence-electron chi connectivity index (χ1n) is 4.45. The summed E-state index contributed by atoms with van der Waals surface area (Å²) in [6, 6.07) is 0.0799. The van der Waals surface area contributed by atoms with E-state index in [4.69, 9.17) is 11.6 Å². The number of hydrogen-bond donors (Lipinski definition) is 1. The van der Waals surface area contributed by atoms with Crippen molar-refractivity contribution in [2.24, 2.45) is 0 Å². The van der Waals surface area contributed by atoms with E-state index in [0.717, 1.165) is 25.1 Å². The first kappa shape index (κ1) is 8.97. The average Bonchev–Trinajstić information content (AvgIpc) is 2.71. The van der Waals surface area contributed by atoms with E-state index in [0.29, 0.717) is 5.88 Å². The summed E-state index contributed by atoms with van der Waals surface area (Å²) in [7, 11) is 0. The molecule has 1 aromatic rings. The van der Waals surface area contributed by atoms with Crippen LogP contribution in [0.1, 0.15) is 31.1 Å². The fourth-order valence-corrected chi connectivity index (χ4v) is 2.04. The van der Waals surface area contributed by atoms with Crippen LogP contribution in [-0.2, 0) is 5.88 Å². The highest BCUT2D eigenvalue weighted by molar-refractivity contribution is 6.16. The number of alkyl halides is 1. The monoisotopic (exact) mass is 201 g/mol. The Morgan fingerprint density at radius 3 is 3.08 bits per heavy atom. The minimum atomic E-state index is -0.288. The standard InChI is InChI=1S/C8H12ClN3O/c9-4-8-10-5-11-12(8)6-2-1-3-7(6)13/h5-7,13H,1-4H2. The van der Waals surface area contributed by atoms with E-state index in [1.807, 2.05) is 0 Å². The molecule has 0 spiro atoms. The lowest BCUT2D eigenvalue weighted by Crippen LogP contribution is -2.21. The third-order valence-corrected chi connectivity index (χ3v) is 2.76. The lowest BCUT2D eigenvalue weighted by atomic mass is 10.2. The molecule has 1 N–H and O–H groups in total. The van der Waals surface area contributed by atoms with Crippen molar-refractivity contribution < 1.29 is 5.11 Å². The predicted octanol–water partition coefficient (Wildman–Crippen LogP) is 1.10. The highest BCUT2D eigenvalue weighted by Gasteiger charge is 2.28. The zero-order valence-electron chi connectivity index (χ0n) is 7.23. The summed E-state index contributed by atoms with van der Waals surface area (Å²) in [5.41, 5.74) is 0. The van der Waals surface area contributed by atoms with Crippen LogP contribution in [-0.4, -0.2) is 26.0 Å². The second-order valence-electron chi connectivity index (χ2n) is 3.32. The Morgan fingerprint density at radius 1 is 1.62 bits per heavy atom. The number of nitrogens with zero attached hydrogens (tertiary/aromatic N) is 3. The number of aliphatic hydroxyl groups excluding tert-OH is 1. The van der Waals surface area contributed by atoms with Gasteiger partial charge in [-0.2, -0.15) is 5.10 Å². The molecule has 0 bridgehead atoms. The van der Waals surface area contributed by atoms with E-state index in [9.17, 15) is 5.11 Å². The topological polar surface area (TPSA) is 50.9 Å². The molecule has 1 aliphatic rings. The quantitative estimate of drug-likeness (QED) is 0.730. The Morgan fingerprint density at radius 2 is 2.46 bits per heavy atom. The van der Waals surface area contributed by atoms with Gasteiger partial charge in [0.1, 0.15) is 12.2 Å². The highest BCUT2D eigenvalue weighted by atomic mass is 35.5. The maximum atomic E-state index is 9.65. The molecule has 1 heterocycles. The first-order chi connectivity index (χ1) is 6.33. The number of hydrogen-bond acceptors (Lipinski definition) is 3. The third kappa shape index (κ3) is 1.56. The van der Waals surface area contributed by atoms with Gasteiger partial charge in [0, 0.05) is 0 Å². The lowest BCUT2D eigenvalue weighted by molar-refractivity contribution is 0.128. The van der Waals surface area contributed by atoms with Crippen LogP contribution in [0.2, 0.25) is 0 Å². The lowest BCUT2D eigenvalue weighted by Gasteiger charge is -2.15. The predicted molar refractivity (Wildman–Crippen MR) is 48.5 cm³/mol. The van der Waals surface area contributed by atoms with Crippen molar-refractivity contribution in [2.75, 3.05) is 0 Å². The number of aromatic nitrogens is 3. The largest absolute Gasteiger partial charge is 0.391 e. The number of aliphatic hydroxyl groups is 1. The molecule has 1 aliphatic carbocycles. The molecular formula is C8H12ClN3O. The zero-order valence-corrected chi connectivity index (χ0v) is 7.98. The normalized spacial score (nSPS) is 28.2. The van der Waals surface area contributed by atoms with Gasteiger partial charge in [-0.3, -0.25) is 0 Å². The van der Waals surface area contributed by atoms with Crippen LogP contribution in [0.15, 0.2) is 6.33 Å². The molecule has 1 aromatic heterocycles. The first-order valence-corrected chi connectivity index (χ1v) is 4.99. The molecule has 2 unspecified atom stereocenters. The van der Waals surface area contributed by atoms with E-state index < -0.39 is 0 Å². The Labute approximate surface area is 81.5 Å². The fraction of sp³-hybridized carbons (Fsp3) is 0.750. The molecule has 0 aliphatic heterocycles. The molecule has 0 aromatic carbocycles. The van der Waals surface area contributed by atoms with E-state index in [1.54, 1.807) is 4.68 Å². The van der Waals surface area contributed by atoms with Crippen LogP contribution in [0.3, 0.4) is 0 Å².